The van der Waals surface area contributed by atoms with Gasteiger partial charge in [-0.25, -0.2) is 0 Å². The van der Waals surface area contributed by atoms with Gasteiger partial charge in [0, 0.05) is 12.2 Å². The van der Waals surface area contributed by atoms with Crippen LogP contribution >= 0.6 is 0 Å². The van der Waals surface area contributed by atoms with Gasteiger partial charge >= 0.3 is 0 Å². The van der Waals surface area contributed by atoms with E-state index in [1.165, 1.54) is 5.56 Å². The Morgan fingerprint density at radius 1 is 1.22 bits per heavy atom. The zero-order chi connectivity index (χ0) is 13.7. The Labute approximate surface area is 110 Å². The predicted molar refractivity (Wildman–Crippen MR) is 77.0 cm³/mol. The van der Waals surface area contributed by atoms with Gasteiger partial charge in [-0.05, 0) is 45.4 Å². The summed E-state index contributed by atoms with van der Waals surface area (Å²) in [6, 6.07) is 4.20. The molecule has 0 radical (unpaired) electrons. The van der Waals surface area contributed by atoms with E-state index in [-0.39, 0.29) is 11.8 Å². The van der Waals surface area contributed by atoms with Crippen LogP contribution in [0, 0.1) is 26.7 Å². The van der Waals surface area contributed by atoms with Crippen LogP contribution in [-0.4, -0.2) is 19.5 Å². The molecular weight excluding hydrogens is 224 g/mol. The van der Waals surface area contributed by atoms with E-state index in [4.69, 9.17) is 0 Å². The van der Waals surface area contributed by atoms with Crippen molar-refractivity contribution in [2.75, 3.05) is 18.9 Å². The van der Waals surface area contributed by atoms with Crippen LogP contribution in [-0.2, 0) is 4.79 Å². The molecule has 0 spiro atoms. The van der Waals surface area contributed by atoms with Crippen molar-refractivity contribution in [2.24, 2.45) is 5.92 Å². The van der Waals surface area contributed by atoms with Crippen LogP contribution in [0.4, 0.5) is 5.69 Å². The van der Waals surface area contributed by atoms with E-state index in [2.05, 4.69) is 29.7 Å². The minimum absolute atomic E-state index is 0.0232. The maximum Gasteiger partial charge on any atom is 0.228 e. The maximum absolute atomic E-state index is 12.2. The van der Waals surface area contributed by atoms with Gasteiger partial charge in [-0.3, -0.25) is 4.79 Å². The third-order valence-corrected chi connectivity index (χ3v) is 3.24. The fraction of sp³-hybridized carbons (Fsp3) is 0.533. The number of amides is 1. The number of nitrogens with one attached hydrogen (secondary N) is 2. The van der Waals surface area contributed by atoms with Crippen molar-refractivity contribution in [2.45, 2.75) is 34.1 Å². The Morgan fingerprint density at radius 3 is 2.22 bits per heavy atom. The first kappa shape index (κ1) is 14.7. The molecule has 3 nitrogen and oxygen atoms in total. The van der Waals surface area contributed by atoms with Gasteiger partial charge in [0.25, 0.3) is 0 Å². The minimum Gasteiger partial charge on any atom is -0.325 e. The number of hydrogen-bond acceptors (Lipinski definition) is 2. The summed E-state index contributed by atoms with van der Waals surface area (Å²) in [5.41, 5.74) is 4.44. The molecule has 0 aliphatic rings. The molecule has 2 N–H and O–H groups in total. The molecule has 1 unspecified atom stereocenters. The van der Waals surface area contributed by atoms with Gasteiger partial charge in [0.05, 0.1) is 5.92 Å². The zero-order valence-corrected chi connectivity index (χ0v) is 12.1. The van der Waals surface area contributed by atoms with Crippen LogP contribution in [0.2, 0.25) is 0 Å². The van der Waals surface area contributed by atoms with Crippen molar-refractivity contribution >= 4 is 11.6 Å². The van der Waals surface area contributed by atoms with Crippen molar-refractivity contribution in [3.8, 4) is 0 Å². The monoisotopic (exact) mass is 248 g/mol. The molecule has 0 saturated heterocycles. The van der Waals surface area contributed by atoms with Crippen LogP contribution in [0.25, 0.3) is 0 Å². The topological polar surface area (TPSA) is 41.1 Å². The maximum atomic E-state index is 12.2. The molecule has 0 aliphatic heterocycles. The third-order valence-electron chi connectivity index (χ3n) is 3.24. The van der Waals surface area contributed by atoms with Gasteiger partial charge in [0.2, 0.25) is 5.91 Å². The molecule has 1 amide bonds. The number of carbonyl (C=O) groups excluding carboxylic acids is 1. The van der Waals surface area contributed by atoms with Crippen molar-refractivity contribution in [1.82, 2.24) is 5.32 Å². The first-order valence-electron chi connectivity index (χ1n) is 6.52. The molecule has 0 saturated carbocycles. The molecule has 1 aromatic rings. The Balaban J connectivity index is 2.87. The summed E-state index contributed by atoms with van der Waals surface area (Å²) >= 11 is 0. The Hall–Kier alpha value is -1.35. The minimum atomic E-state index is 0.0232. The molecule has 18 heavy (non-hydrogen) atoms. The summed E-state index contributed by atoms with van der Waals surface area (Å²) in [7, 11) is 1.87. The van der Waals surface area contributed by atoms with E-state index in [1.54, 1.807) is 0 Å². The number of carbonyl (C=O) groups is 1. The second-order valence-corrected chi connectivity index (χ2v) is 4.93. The van der Waals surface area contributed by atoms with Gasteiger partial charge in [-0.2, -0.15) is 0 Å². The van der Waals surface area contributed by atoms with E-state index < -0.39 is 0 Å². The molecule has 1 atom stereocenters. The summed E-state index contributed by atoms with van der Waals surface area (Å²) in [5.74, 6) is 0.122. The number of hydrogen-bond donors (Lipinski definition) is 2. The van der Waals surface area contributed by atoms with E-state index in [9.17, 15) is 4.79 Å². The molecule has 0 fully saturated rings. The van der Waals surface area contributed by atoms with Gasteiger partial charge in [-0.1, -0.05) is 24.6 Å². The lowest BCUT2D eigenvalue weighted by atomic mass is 10.0. The molecule has 0 aliphatic carbocycles. The molecule has 100 valence electrons. The fourth-order valence-corrected chi connectivity index (χ4v) is 2.27. The lowest BCUT2D eigenvalue weighted by Crippen LogP contribution is -2.30. The van der Waals surface area contributed by atoms with Gasteiger partial charge < -0.3 is 10.6 Å². The highest BCUT2D eigenvalue weighted by molar-refractivity contribution is 5.94. The Kier molecular flexibility index (Phi) is 5.35. The van der Waals surface area contributed by atoms with Crippen molar-refractivity contribution in [3.05, 3.63) is 28.8 Å². The van der Waals surface area contributed by atoms with Crippen LogP contribution in [0.1, 0.15) is 30.0 Å². The quantitative estimate of drug-likeness (QED) is 0.841. The number of aryl methyl sites for hydroxylation is 3. The molecule has 0 bridgehead atoms. The van der Waals surface area contributed by atoms with Gasteiger partial charge in [-0.15, -0.1) is 0 Å². The largest absolute Gasteiger partial charge is 0.325 e. The van der Waals surface area contributed by atoms with E-state index >= 15 is 0 Å². The molecule has 3 heteroatoms. The SMILES string of the molecule is CCC(CNC)C(=O)Nc1c(C)cc(C)cc1C. The summed E-state index contributed by atoms with van der Waals surface area (Å²) in [4.78, 5) is 12.2. The predicted octanol–water partition coefficient (Wildman–Crippen LogP) is 2.80. The van der Waals surface area contributed by atoms with Crippen molar-refractivity contribution in [1.29, 1.82) is 0 Å². The lowest BCUT2D eigenvalue weighted by molar-refractivity contribution is -0.119. The second kappa shape index (κ2) is 6.55. The number of anilines is 1. The van der Waals surface area contributed by atoms with Crippen LogP contribution < -0.4 is 10.6 Å². The van der Waals surface area contributed by atoms with Gasteiger partial charge in [0.1, 0.15) is 0 Å². The normalized spacial score (nSPS) is 12.3. The van der Waals surface area contributed by atoms with Crippen LogP contribution in [0.5, 0.6) is 0 Å². The molecule has 1 rings (SSSR count). The molecular formula is C15H24N2O. The molecule has 1 aromatic carbocycles. The van der Waals surface area contributed by atoms with Crippen LogP contribution in [0.15, 0.2) is 12.1 Å². The smallest absolute Gasteiger partial charge is 0.228 e. The summed E-state index contributed by atoms with van der Waals surface area (Å²) in [6.45, 7) is 8.90. The molecule has 0 heterocycles. The highest BCUT2D eigenvalue weighted by atomic mass is 16.1. The Bertz CT molecular complexity index is 403. The third kappa shape index (κ3) is 3.57. The van der Waals surface area contributed by atoms with E-state index in [1.807, 2.05) is 27.8 Å². The zero-order valence-electron chi connectivity index (χ0n) is 12.1. The number of rotatable bonds is 5. The van der Waals surface area contributed by atoms with Crippen LogP contribution in [0.3, 0.4) is 0 Å². The molecule has 0 aromatic heterocycles. The van der Waals surface area contributed by atoms with Gasteiger partial charge in [0.15, 0.2) is 0 Å². The average molecular weight is 248 g/mol. The number of benzene rings is 1. The fourth-order valence-electron chi connectivity index (χ4n) is 2.27. The van der Waals surface area contributed by atoms with E-state index in [0.29, 0.717) is 6.54 Å². The summed E-state index contributed by atoms with van der Waals surface area (Å²) < 4.78 is 0. The first-order chi connectivity index (χ1) is 8.49. The highest BCUT2D eigenvalue weighted by Gasteiger charge is 2.17. The second-order valence-electron chi connectivity index (χ2n) is 4.93. The van der Waals surface area contributed by atoms with Crippen molar-refractivity contribution in [3.63, 3.8) is 0 Å². The lowest BCUT2D eigenvalue weighted by Gasteiger charge is -2.17. The summed E-state index contributed by atoms with van der Waals surface area (Å²) in [6.07, 6.45) is 0.844. The highest BCUT2D eigenvalue weighted by Crippen LogP contribution is 2.22. The standard InChI is InChI=1S/C15H24N2O/c1-6-13(9-16-5)15(18)17-14-11(3)7-10(2)8-12(14)4/h7-8,13,16H,6,9H2,1-5H3,(H,17,18). The van der Waals surface area contributed by atoms with E-state index in [0.717, 1.165) is 23.2 Å². The van der Waals surface area contributed by atoms with Crippen molar-refractivity contribution < 1.29 is 4.79 Å². The average Bonchev–Trinajstić information content (AvgIpc) is 2.30. The summed E-state index contributed by atoms with van der Waals surface area (Å²) in [5, 5.41) is 6.13. The first-order valence-corrected chi connectivity index (χ1v) is 6.52. The Morgan fingerprint density at radius 2 is 1.78 bits per heavy atom.